The average Bonchev–Trinajstić information content (AvgIpc) is 2.88. The van der Waals surface area contributed by atoms with Gasteiger partial charge in [-0.2, -0.15) is 9.57 Å². The molecule has 5 nitrogen and oxygen atoms in total. The number of thiophene rings is 1. The lowest BCUT2D eigenvalue weighted by Crippen LogP contribution is -2.48. The van der Waals surface area contributed by atoms with Crippen molar-refractivity contribution in [2.45, 2.75) is 11.1 Å². The number of piperazine rings is 1. The second-order valence-corrected chi connectivity index (χ2v) is 7.32. The van der Waals surface area contributed by atoms with E-state index in [1.807, 2.05) is 6.07 Å². The molecule has 0 aliphatic carbocycles. The minimum absolute atomic E-state index is 0.268. The fourth-order valence-electron chi connectivity index (χ4n) is 1.93. The van der Waals surface area contributed by atoms with Gasteiger partial charge in [0.2, 0.25) is 0 Å². The molecule has 1 aliphatic rings. The number of hydrogen-bond acceptors (Lipinski definition) is 5. The first-order valence-electron chi connectivity index (χ1n) is 5.80. The van der Waals surface area contributed by atoms with Gasteiger partial charge in [-0.15, -0.1) is 11.3 Å². The standard InChI is InChI=1S/C11H15N3O2S2/c1-2-13-5-7-14(8-6-13)18(15,16)11-4-3-10(9-12)17-11/h3-4H,2,5-8H2,1H3. The molecular formula is C11H15N3O2S2. The van der Waals surface area contributed by atoms with E-state index in [-0.39, 0.29) is 4.21 Å². The van der Waals surface area contributed by atoms with E-state index in [2.05, 4.69) is 11.8 Å². The maximum atomic E-state index is 12.3. The minimum atomic E-state index is -3.41. The van der Waals surface area contributed by atoms with Gasteiger partial charge in [-0.25, -0.2) is 8.42 Å². The Morgan fingerprint density at radius 3 is 2.50 bits per heavy atom. The fourth-order valence-corrected chi connectivity index (χ4v) is 4.61. The SMILES string of the molecule is CCN1CCN(S(=O)(=O)c2ccc(C#N)s2)CC1. The maximum Gasteiger partial charge on any atom is 0.252 e. The molecule has 0 bridgehead atoms. The number of rotatable bonds is 3. The summed E-state index contributed by atoms with van der Waals surface area (Å²) in [5.74, 6) is 0. The zero-order chi connectivity index (χ0) is 13.2. The van der Waals surface area contributed by atoms with E-state index in [0.717, 1.165) is 31.0 Å². The Bertz CT molecular complexity index is 551. The Hall–Kier alpha value is -0.940. The molecular weight excluding hydrogens is 270 g/mol. The van der Waals surface area contributed by atoms with E-state index in [1.165, 1.54) is 10.4 Å². The molecule has 0 radical (unpaired) electrons. The lowest BCUT2D eigenvalue weighted by molar-refractivity contribution is 0.196. The van der Waals surface area contributed by atoms with E-state index < -0.39 is 10.0 Å². The van der Waals surface area contributed by atoms with Crippen LogP contribution in [0.2, 0.25) is 0 Å². The van der Waals surface area contributed by atoms with Crippen LogP contribution in [-0.4, -0.2) is 50.3 Å². The molecule has 98 valence electrons. The molecule has 1 aliphatic heterocycles. The summed E-state index contributed by atoms with van der Waals surface area (Å²) in [5.41, 5.74) is 0. The van der Waals surface area contributed by atoms with Crippen LogP contribution in [0.3, 0.4) is 0 Å². The first kappa shape index (κ1) is 13.5. The number of nitrogens with zero attached hydrogens (tertiary/aromatic N) is 3. The van der Waals surface area contributed by atoms with Crippen LogP contribution in [-0.2, 0) is 10.0 Å². The van der Waals surface area contributed by atoms with Crippen molar-refractivity contribution >= 4 is 21.4 Å². The van der Waals surface area contributed by atoms with Crippen LogP contribution >= 0.6 is 11.3 Å². The quantitative estimate of drug-likeness (QED) is 0.829. The zero-order valence-electron chi connectivity index (χ0n) is 10.2. The van der Waals surface area contributed by atoms with Crippen molar-refractivity contribution in [2.75, 3.05) is 32.7 Å². The summed E-state index contributed by atoms with van der Waals surface area (Å²) >= 11 is 1.04. The third-order valence-corrected chi connectivity index (χ3v) is 6.42. The lowest BCUT2D eigenvalue weighted by Gasteiger charge is -2.32. The summed E-state index contributed by atoms with van der Waals surface area (Å²) < 4.78 is 26.4. The van der Waals surface area contributed by atoms with Crippen LogP contribution < -0.4 is 0 Å². The summed E-state index contributed by atoms with van der Waals surface area (Å²) in [6, 6.07) is 5.04. The van der Waals surface area contributed by atoms with Gasteiger partial charge in [-0.1, -0.05) is 6.92 Å². The minimum Gasteiger partial charge on any atom is -0.301 e. The molecule has 0 N–H and O–H groups in total. The van der Waals surface area contributed by atoms with Crippen LogP contribution in [0.4, 0.5) is 0 Å². The van der Waals surface area contributed by atoms with E-state index in [1.54, 1.807) is 6.07 Å². The normalized spacial score (nSPS) is 18.7. The summed E-state index contributed by atoms with van der Waals surface area (Å²) in [6.45, 7) is 5.61. The highest BCUT2D eigenvalue weighted by molar-refractivity contribution is 7.91. The maximum absolute atomic E-state index is 12.3. The van der Waals surface area contributed by atoms with Crippen molar-refractivity contribution < 1.29 is 8.42 Å². The van der Waals surface area contributed by atoms with Gasteiger partial charge >= 0.3 is 0 Å². The summed E-state index contributed by atoms with van der Waals surface area (Å²) in [6.07, 6.45) is 0. The Kier molecular flexibility index (Phi) is 4.02. The molecule has 0 saturated carbocycles. The van der Waals surface area contributed by atoms with Gasteiger partial charge in [0, 0.05) is 26.2 Å². The third kappa shape index (κ3) is 2.57. The van der Waals surface area contributed by atoms with Gasteiger partial charge in [0.25, 0.3) is 10.0 Å². The van der Waals surface area contributed by atoms with E-state index in [9.17, 15) is 8.42 Å². The van der Waals surface area contributed by atoms with Gasteiger partial charge in [0.05, 0.1) is 0 Å². The van der Waals surface area contributed by atoms with Gasteiger partial charge < -0.3 is 4.90 Å². The summed E-state index contributed by atoms with van der Waals surface area (Å²) in [4.78, 5) is 2.65. The largest absolute Gasteiger partial charge is 0.301 e. The van der Waals surface area contributed by atoms with Crippen LogP contribution in [0.15, 0.2) is 16.3 Å². The second kappa shape index (κ2) is 5.36. The number of likely N-dealkylation sites (N-methyl/N-ethyl adjacent to an activating group) is 1. The van der Waals surface area contributed by atoms with Crippen molar-refractivity contribution in [1.29, 1.82) is 5.26 Å². The summed E-state index contributed by atoms with van der Waals surface area (Å²) in [7, 11) is -3.41. The molecule has 1 aromatic rings. The molecule has 0 spiro atoms. The van der Waals surface area contributed by atoms with Gasteiger partial charge in [0.15, 0.2) is 0 Å². The topological polar surface area (TPSA) is 64.4 Å². The molecule has 0 amide bonds. The third-order valence-electron chi connectivity index (χ3n) is 3.06. The second-order valence-electron chi connectivity index (χ2n) is 4.07. The highest BCUT2D eigenvalue weighted by atomic mass is 32.2. The van der Waals surface area contributed by atoms with Crippen LogP contribution in [0.5, 0.6) is 0 Å². The molecule has 0 unspecified atom stereocenters. The van der Waals surface area contributed by atoms with Crippen LogP contribution in [0.1, 0.15) is 11.8 Å². The van der Waals surface area contributed by atoms with E-state index >= 15 is 0 Å². The molecule has 0 atom stereocenters. The first-order valence-corrected chi connectivity index (χ1v) is 8.06. The molecule has 2 heterocycles. The Morgan fingerprint density at radius 2 is 2.00 bits per heavy atom. The average molecular weight is 285 g/mol. The van der Waals surface area contributed by atoms with Crippen molar-refractivity contribution in [3.8, 4) is 6.07 Å². The molecule has 18 heavy (non-hydrogen) atoms. The predicted molar refractivity (Wildman–Crippen MR) is 69.9 cm³/mol. The van der Waals surface area contributed by atoms with Crippen LogP contribution in [0.25, 0.3) is 0 Å². The van der Waals surface area contributed by atoms with Gasteiger partial charge in [0.1, 0.15) is 15.2 Å². The fraction of sp³-hybridized carbons (Fsp3) is 0.545. The first-order chi connectivity index (χ1) is 8.57. The van der Waals surface area contributed by atoms with E-state index in [4.69, 9.17) is 5.26 Å². The number of hydrogen-bond donors (Lipinski definition) is 0. The highest BCUT2D eigenvalue weighted by Crippen LogP contribution is 2.25. The molecule has 1 fully saturated rings. The molecule has 7 heteroatoms. The van der Waals surface area contributed by atoms with Crippen LogP contribution in [0, 0.1) is 11.3 Å². The molecule has 1 aromatic heterocycles. The zero-order valence-corrected chi connectivity index (χ0v) is 11.8. The Balaban J connectivity index is 2.15. The Morgan fingerprint density at radius 1 is 1.33 bits per heavy atom. The monoisotopic (exact) mass is 285 g/mol. The Labute approximate surface area is 111 Å². The van der Waals surface area contributed by atoms with E-state index in [0.29, 0.717) is 18.0 Å². The van der Waals surface area contributed by atoms with Crippen molar-refractivity contribution in [2.24, 2.45) is 0 Å². The lowest BCUT2D eigenvalue weighted by atomic mass is 10.4. The smallest absolute Gasteiger partial charge is 0.252 e. The van der Waals surface area contributed by atoms with Crippen molar-refractivity contribution in [1.82, 2.24) is 9.21 Å². The van der Waals surface area contributed by atoms with Crippen molar-refractivity contribution in [3.63, 3.8) is 0 Å². The predicted octanol–water partition coefficient (Wildman–Crippen LogP) is 0.946. The van der Waals surface area contributed by atoms with Gasteiger partial charge in [-0.05, 0) is 18.7 Å². The number of nitriles is 1. The van der Waals surface area contributed by atoms with Crippen molar-refractivity contribution in [3.05, 3.63) is 17.0 Å². The highest BCUT2D eigenvalue weighted by Gasteiger charge is 2.29. The summed E-state index contributed by atoms with van der Waals surface area (Å²) in [5, 5.41) is 8.74. The molecule has 1 saturated heterocycles. The van der Waals surface area contributed by atoms with Gasteiger partial charge in [-0.3, -0.25) is 0 Å². The number of sulfonamides is 1. The molecule has 2 rings (SSSR count). The molecule has 0 aromatic carbocycles.